The van der Waals surface area contributed by atoms with Gasteiger partial charge in [-0.2, -0.15) is 0 Å². The normalized spacial score (nSPS) is 11.9. The molecule has 0 saturated heterocycles. The molecule has 6 aromatic rings. The third-order valence-electron chi connectivity index (χ3n) is 14.5. The standard InChI is InChI=1S/C72H96N14O12/c1-9-11-13-15-17-19-21-23-25-27-47-95-61(67(91)83-57-43-31-39-53(75-57)79-63(87)49-35-29-37-51(73-49)65(89)81-55-41-33-45-59(77-55)85-69(93)97-71(3,4)5)62(96-48-28-26-24-22-20-18-16-14-12-10-2)68(92)84-58-44-32-40-54(76-58)80-64(88)50-36-30-38-52(74-50)66(90)82-56-42-34-46-60(78-56)86-70(94)98-72(6,7)8/h29-46,61-62H,9-28,47-48H2,1-8H3,(H2,75,79,83,87,91)(H2,76,80,84,88,92)(H2,77,81,85,89,93)(H2,78,82,86,90,94)/t61-,62-/m0/s1. The van der Waals surface area contributed by atoms with E-state index in [0.717, 1.165) is 51.4 Å². The van der Waals surface area contributed by atoms with Crippen molar-refractivity contribution >= 4 is 94.2 Å². The summed E-state index contributed by atoms with van der Waals surface area (Å²) in [5.41, 5.74) is -2.02. The first kappa shape index (κ1) is 77.2. The molecule has 8 N–H and O–H groups in total. The Morgan fingerprint density at radius 1 is 0.306 bits per heavy atom. The second kappa shape index (κ2) is 40.7. The minimum absolute atomic E-state index is 0.00610. The molecular weight excluding hydrogens is 1250 g/mol. The molecule has 6 heterocycles. The third-order valence-corrected chi connectivity index (χ3v) is 14.5. The number of ether oxygens (including phenoxy) is 4. The Kier molecular flexibility index (Phi) is 32.0. The Balaban J connectivity index is 1.17. The predicted octanol–water partition coefficient (Wildman–Crippen LogP) is 14.9. The number of aromatic nitrogens is 6. The first-order valence-corrected chi connectivity index (χ1v) is 34.0. The molecule has 6 rings (SSSR count). The van der Waals surface area contributed by atoms with Gasteiger partial charge in [-0.05, 0) is 127 Å². The highest BCUT2D eigenvalue weighted by Crippen LogP contribution is 2.22. The van der Waals surface area contributed by atoms with E-state index in [1.165, 1.54) is 149 Å². The molecule has 0 aliphatic rings. The minimum atomic E-state index is -1.54. The number of carbonyl (C=O) groups excluding carboxylic acids is 8. The van der Waals surface area contributed by atoms with Crippen LogP contribution < -0.4 is 42.5 Å². The number of unbranched alkanes of at least 4 members (excludes halogenated alkanes) is 18. The topological polar surface area (TPSA) is 347 Å². The highest BCUT2D eigenvalue weighted by atomic mass is 16.6. The molecule has 0 aliphatic heterocycles. The first-order valence-electron chi connectivity index (χ1n) is 34.0. The number of nitrogens with one attached hydrogen (secondary N) is 8. The van der Waals surface area contributed by atoms with E-state index in [1.54, 1.807) is 65.8 Å². The van der Waals surface area contributed by atoms with Crippen molar-refractivity contribution in [3.05, 3.63) is 132 Å². The molecular formula is C72H96N14O12. The number of nitrogens with zero attached hydrogens (tertiary/aromatic N) is 6. The second-order valence-corrected chi connectivity index (χ2v) is 25.4. The van der Waals surface area contributed by atoms with E-state index < -0.39 is 71.0 Å². The average molecular weight is 1350 g/mol. The van der Waals surface area contributed by atoms with Gasteiger partial charge in [-0.25, -0.2) is 39.5 Å². The molecule has 0 aliphatic carbocycles. The van der Waals surface area contributed by atoms with Crippen molar-refractivity contribution in [3.63, 3.8) is 0 Å². The van der Waals surface area contributed by atoms with Crippen molar-refractivity contribution in [2.75, 3.05) is 55.7 Å². The van der Waals surface area contributed by atoms with Crippen LogP contribution >= 0.6 is 0 Å². The fourth-order valence-electron chi connectivity index (χ4n) is 9.80. The summed E-state index contributed by atoms with van der Waals surface area (Å²) in [6, 6.07) is 26.9. The number of carbonyl (C=O) groups is 8. The van der Waals surface area contributed by atoms with Crippen molar-refractivity contribution in [1.82, 2.24) is 29.9 Å². The molecule has 526 valence electrons. The van der Waals surface area contributed by atoms with Crippen molar-refractivity contribution in [3.8, 4) is 0 Å². The molecule has 2 atom stereocenters. The summed E-state index contributed by atoms with van der Waals surface area (Å²) in [4.78, 5) is 134. The molecule has 98 heavy (non-hydrogen) atoms. The van der Waals surface area contributed by atoms with E-state index in [-0.39, 0.29) is 82.5 Å². The third kappa shape index (κ3) is 29.3. The molecule has 0 unspecified atom stereocenters. The van der Waals surface area contributed by atoms with Crippen LogP contribution in [0.5, 0.6) is 0 Å². The van der Waals surface area contributed by atoms with Crippen LogP contribution in [-0.2, 0) is 28.5 Å². The van der Waals surface area contributed by atoms with Crippen molar-refractivity contribution in [2.24, 2.45) is 0 Å². The zero-order chi connectivity index (χ0) is 70.7. The highest BCUT2D eigenvalue weighted by molar-refractivity contribution is 6.07. The summed E-state index contributed by atoms with van der Waals surface area (Å²) >= 11 is 0. The van der Waals surface area contributed by atoms with Gasteiger partial charge in [0.25, 0.3) is 35.4 Å². The van der Waals surface area contributed by atoms with E-state index in [1.807, 2.05) is 0 Å². The molecule has 0 radical (unpaired) electrons. The summed E-state index contributed by atoms with van der Waals surface area (Å²) in [7, 11) is 0. The minimum Gasteiger partial charge on any atom is -0.444 e. The van der Waals surface area contributed by atoms with Crippen LogP contribution in [0.4, 0.5) is 56.1 Å². The number of pyridine rings is 6. The van der Waals surface area contributed by atoms with Crippen LogP contribution in [0.1, 0.15) is 226 Å². The smallest absolute Gasteiger partial charge is 0.413 e. The van der Waals surface area contributed by atoms with E-state index in [4.69, 9.17) is 18.9 Å². The fraction of sp³-hybridized carbons (Fsp3) is 0.472. The van der Waals surface area contributed by atoms with Gasteiger partial charge >= 0.3 is 12.2 Å². The Labute approximate surface area is 574 Å². The highest BCUT2D eigenvalue weighted by Gasteiger charge is 2.37. The predicted molar refractivity (Wildman–Crippen MR) is 377 cm³/mol. The van der Waals surface area contributed by atoms with Crippen LogP contribution in [0, 0.1) is 0 Å². The fourth-order valence-corrected chi connectivity index (χ4v) is 9.80. The molecule has 0 fully saturated rings. The zero-order valence-corrected chi connectivity index (χ0v) is 57.7. The summed E-state index contributed by atoms with van der Waals surface area (Å²) in [6.45, 7) is 14.9. The number of hydrogen-bond donors (Lipinski definition) is 8. The van der Waals surface area contributed by atoms with Crippen LogP contribution in [0.15, 0.2) is 109 Å². The van der Waals surface area contributed by atoms with Gasteiger partial charge in [0.15, 0.2) is 12.2 Å². The number of rotatable bonds is 39. The van der Waals surface area contributed by atoms with Gasteiger partial charge in [-0.3, -0.25) is 39.4 Å². The maximum atomic E-state index is 14.8. The van der Waals surface area contributed by atoms with Crippen molar-refractivity contribution in [1.29, 1.82) is 0 Å². The van der Waals surface area contributed by atoms with Crippen molar-refractivity contribution < 1.29 is 57.3 Å². The molecule has 26 nitrogen and oxygen atoms in total. The lowest BCUT2D eigenvalue weighted by Gasteiger charge is -2.26. The summed E-state index contributed by atoms with van der Waals surface area (Å²) in [6.07, 6.45) is 16.6. The lowest BCUT2D eigenvalue weighted by Crippen LogP contribution is -2.48. The molecule has 0 saturated carbocycles. The van der Waals surface area contributed by atoms with Crippen LogP contribution in [-0.4, -0.2) is 114 Å². The first-order chi connectivity index (χ1) is 47.0. The van der Waals surface area contributed by atoms with E-state index in [2.05, 4.69) is 86.3 Å². The molecule has 0 bridgehead atoms. The van der Waals surface area contributed by atoms with Gasteiger partial charge < -0.3 is 50.8 Å². The van der Waals surface area contributed by atoms with Gasteiger partial charge in [-0.15, -0.1) is 0 Å². The number of amides is 8. The van der Waals surface area contributed by atoms with Gasteiger partial charge in [0.1, 0.15) is 80.5 Å². The van der Waals surface area contributed by atoms with Crippen LogP contribution in [0.3, 0.4) is 0 Å². The monoisotopic (exact) mass is 1350 g/mol. The summed E-state index contributed by atoms with van der Waals surface area (Å²) in [5.74, 6) is -3.95. The lowest BCUT2D eigenvalue weighted by molar-refractivity contribution is -0.151. The SMILES string of the molecule is CCCCCCCCCCCCO[C@H](C(=O)Nc1cccc(NC(=O)c2cccc(C(=O)Nc3cccc(NC(=O)OC(C)(C)C)n3)n2)n1)[C@H](OCCCCCCCCCCCC)C(=O)Nc1cccc(NC(=O)c2cccc(C(=O)Nc3cccc(NC(=O)OC(C)(C)C)n3)n2)n1. The summed E-state index contributed by atoms with van der Waals surface area (Å²) in [5, 5.41) is 21.2. The zero-order valence-electron chi connectivity index (χ0n) is 57.7. The Morgan fingerprint density at radius 2 is 0.531 bits per heavy atom. The van der Waals surface area contributed by atoms with Crippen LogP contribution in [0.25, 0.3) is 0 Å². The Morgan fingerprint density at radius 3 is 0.786 bits per heavy atom. The maximum Gasteiger partial charge on any atom is 0.413 e. The van der Waals surface area contributed by atoms with Crippen molar-refractivity contribution in [2.45, 2.75) is 207 Å². The summed E-state index contributed by atoms with van der Waals surface area (Å²) < 4.78 is 23.4. The van der Waals surface area contributed by atoms with Gasteiger partial charge in [-0.1, -0.05) is 166 Å². The lowest BCUT2D eigenvalue weighted by atomic mass is 10.1. The maximum absolute atomic E-state index is 14.8. The number of anilines is 8. The molecule has 0 spiro atoms. The average Bonchev–Trinajstić information content (AvgIpc) is 0.880. The van der Waals surface area contributed by atoms with Gasteiger partial charge in [0, 0.05) is 13.2 Å². The van der Waals surface area contributed by atoms with E-state index in [9.17, 15) is 38.4 Å². The van der Waals surface area contributed by atoms with Gasteiger partial charge in [0.05, 0.1) is 0 Å². The molecule has 8 amide bonds. The molecule has 6 aromatic heterocycles. The van der Waals surface area contributed by atoms with E-state index in [0.29, 0.717) is 12.8 Å². The second-order valence-electron chi connectivity index (χ2n) is 25.4. The Bertz CT molecular complexity index is 3350. The number of hydrogen-bond acceptors (Lipinski definition) is 18. The Hall–Kier alpha value is -9.82. The quantitative estimate of drug-likeness (QED) is 0.0166. The van der Waals surface area contributed by atoms with E-state index >= 15 is 0 Å². The van der Waals surface area contributed by atoms with Gasteiger partial charge in [0.2, 0.25) is 0 Å². The molecule has 0 aromatic carbocycles. The largest absolute Gasteiger partial charge is 0.444 e. The molecule has 26 heteroatoms. The van der Waals surface area contributed by atoms with Crippen LogP contribution in [0.2, 0.25) is 0 Å².